The first-order chi connectivity index (χ1) is 8.69. The molecule has 0 aliphatic rings. The smallest absolute Gasteiger partial charge is 0.274 e. The molecule has 92 valence electrons. The van der Waals surface area contributed by atoms with Crippen LogP contribution in [0.3, 0.4) is 0 Å². The van der Waals surface area contributed by atoms with Crippen molar-refractivity contribution < 1.29 is 4.79 Å². The van der Waals surface area contributed by atoms with Crippen molar-refractivity contribution in [3.63, 3.8) is 0 Å². The number of hydrogen-bond donors (Lipinski definition) is 0. The van der Waals surface area contributed by atoms with Gasteiger partial charge in [0.15, 0.2) is 0 Å². The van der Waals surface area contributed by atoms with E-state index < -0.39 is 0 Å². The van der Waals surface area contributed by atoms with Crippen molar-refractivity contribution in [3.8, 4) is 12.1 Å². The lowest BCUT2D eigenvalue weighted by Crippen LogP contribution is -2.33. The molecule has 1 amide bonds. The Bertz CT molecular complexity index is 487. The summed E-state index contributed by atoms with van der Waals surface area (Å²) in [5.41, 5.74) is 0.110. The zero-order valence-corrected chi connectivity index (χ0v) is 10.3. The van der Waals surface area contributed by atoms with Crippen LogP contribution in [0.5, 0.6) is 0 Å². The lowest BCUT2D eigenvalue weighted by atomic mass is 10.3. The van der Waals surface area contributed by atoms with Crippen LogP contribution in [0, 0.1) is 22.7 Å². The van der Waals surface area contributed by atoms with Gasteiger partial charge in [-0.15, -0.1) is 0 Å². The molecular formula is C11H10ClN5O. The third kappa shape index (κ3) is 4.00. The lowest BCUT2D eigenvalue weighted by molar-refractivity contribution is 0.0756. The molecule has 18 heavy (non-hydrogen) atoms. The minimum Gasteiger partial charge on any atom is -0.335 e. The molecule has 0 aromatic carbocycles. The number of nitrogens with zero attached hydrogens (tertiary/aromatic N) is 5. The number of carbonyl (C=O) groups is 1. The van der Waals surface area contributed by atoms with Crippen LogP contribution < -0.4 is 0 Å². The van der Waals surface area contributed by atoms with E-state index in [2.05, 4.69) is 9.97 Å². The normalized spacial score (nSPS) is 9.28. The SMILES string of the molecule is N#CCCN(CCC#N)C(=O)c1cncc(Cl)n1. The predicted octanol–water partition coefficient (Wildman–Crippen LogP) is 1.40. The Morgan fingerprint density at radius 2 is 1.89 bits per heavy atom. The summed E-state index contributed by atoms with van der Waals surface area (Å²) in [6, 6.07) is 3.91. The Kier molecular flexibility index (Phi) is 5.56. The van der Waals surface area contributed by atoms with Crippen molar-refractivity contribution in [1.82, 2.24) is 14.9 Å². The fraction of sp³-hybridized carbons (Fsp3) is 0.364. The molecule has 0 aliphatic heterocycles. The molecule has 0 saturated carbocycles. The molecular weight excluding hydrogens is 254 g/mol. The van der Waals surface area contributed by atoms with Crippen molar-refractivity contribution >= 4 is 17.5 Å². The summed E-state index contributed by atoms with van der Waals surface area (Å²) < 4.78 is 0. The third-order valence-electron chi connectivity index (χ3n) is 2.10. The van der Waals surface area contributed by atoms with Crippen LogP contribution >= 0.6 is 11.6 Å². The van der Waals surface area contributed by atoms with E-state index in [9.17, 15) is 4.79 Å². The van der Waals surface area contributed by atoms with Gasteiger partial charge < -0.3 is 4.90 Å². The van der Waals surface area contributed by atoms with Gasteiger partial charge >= 0.3 is 0 Å². The second-order valence-electron chi connectivity index (χ2n) is 3.34. The second kappa shape index (κ2) is 7.21. The molecule has 0 spiro atoms. The van der Waals surface area contributed by atoms with E-state index in [1.165, 1.54) is 17.3 Å². The van der Waals surface area contributed by atoms with Gasteiger partial charge in [-0.25, -0.2) is 4.98 Å². The van der Waals surface area contributed by atoms with Crippen molar-refractivity contribution in [2.45, 2.75) is 12.8 Å². The number of aromatic nitrogens is 2. The van der Waals surface area contributed by atoms with Crippen LogP contribution in [0.4, 0.5) is 0 Å². The van der Waals surface area contributed by atoms with Gasteiger partial charge in [-0.1, -0.05) is 11.6 Å². The molecule has 0 saturated heterocycles. The zero-order valence-electron chi connectivity index (χ0n) is 9.51. The molecule has 1 heterocycles. The maximum Gasteiger partial charge on any atom is 0.274 e. The first kappa shape index (κ1) is 13.9. The molecule has 1 aromatic rings. The summed E-state index contributed by atoms with van der Waals surface area (Å²) in [6.07, 6.45) is 3.03. The minimum atomic E-state index is -0.379. The molecule has 0 radical (unpaired) electrons. The van der Waals surface area contributed by atoms with Gasteiger partial charge in [0, 0.05) is 13.1 Å². The maximum atomic E-state index is 12.1. The van der Waals surface area contributed by atoms with Crippen LogP contribution in [0.15, 0.2) is 12.4 Å². The summed E-state index contributed by atoms with van der Waals surface area (Å²) in [5, 5.41) is 17.2. The zero-order chi connectivity index (χ0) is 13.4. The molecule has 0 fully saturated rings. The van der Waals surface area contributed by atoms with Crippen molar-refractivity contribution in [3.05, 3.63) is 23.2 Å². The van der Waals surface area contributed by atoms with E-state index in [-0.39, 0.29) is 42.7 Å². The summed E-state index contributed by atoms with van der Waals surface area (Å²) >= 11 is 5.65. The minimum absolute atomic E-state index is 0.110. The molecule has 0 unspecified atom stereocenters. The van der Waals surface area contributed by atoms with E-state index in [1.54, 1.807) is 0 Å². The molecule has 0 atom stereocenters. The number of halogens is 1. The maximum absolute atomic E-state index is 12.1. The summed E-state index contributed by atoms with van der Waals surface area (Å²) in [5.74, 6) is -0.379. The van der Waals surface area contributed by atoms with Crippen LogP contribution in [0.2, 0.25) is 5.15 Å². The van der Waals surface area contributed by atoms with Gasteiger partial charge in [0.05, 0.1) is 37.4 Å². The Morgan fingerprint density at radius 1 is 1.28 bits per heavy atom. The number of hydrogen-bond acceptors (Lipinski definition) is 5. The molecule has 0 aliphatic carbocycles. The summed E-state index contributed by atoms with van der Waals surface area (Å²) in [7, 11) is 0. The van der Waals surface area contributed by atoms with Crippen molar-refractivity contribution in [1.29, 1.82) is 10.5 Å². The Labute approximate surface area is 109 Å². The van der Waals surface area contributed by atoms with E-state index in [0.29, 0.717) is 0 Å². The van der Waals surface area contributed by atoms with Crippen LogP contribution in [0.1, 0.15) is 23.3 Å². The third-order valence-corrected chi connectivity index (χ3v) is 2.28. The fourth-order valence-corrected chi connectivity index (χ4v) is 1.44. The molecule has 7 heteroatoms. The van der Waals surface area contributed by atoms with Crippen molar-refractivity contribution in [2.24, 2.45) is 0 Å². The monoisotopic (exact) mass is 263 g/mol. The number of carbonyl (C=O) groups excluding carboxylic acids is 1. The average Bonchev–Trinajstić information content (AvgIpc) is 2.38. The average molecular weight is 264 g/mol. The summed E-state index contributed by atoms with van der Waals surface area (Å²) in [4.78, 5) is 21.1. The Morgan fingerprint density at radius 3 is 2.39 bits per heavy atom. The van der Waals surface area contributed by atoms with E-state index >= 15 is 0 Å². The first-order valence-corrected chi connectivity index (χ1v) is 5.57. The predicted molar refractivity (Wildman–Crippen MR) is 63.4 cm³/mol. The van der Waals surface area contributed by atoms with E-state index in [1.807, 2.05) is 12.1 Å². The van der Waals surface area contributed by atoms with Crippen LogP contribution in [0.25, 0.3) is 0 Å². The van der Waals surface area contributed by atoms with E-state index in [0.717, 1.165) is 0 Å². The second-order valence-corrected chi connectivity index (χ2v) is 3.72. The molecule has 0 bridgehead atoms. The summed E-state index contributed by atoms with van der Waals surface area (Å²) in [6.45, 7) is 0.510. The van der Waals surface area contributed by atoms with E-state index in [4.69, 9.17) is 22.1 Å². The highest BCUT2D eigenvalue weighted by molar-refractivity contribution is 6.29. The van der Waals surface area contributed by atoms with Crippen molar-refractivity contribution in [2.75, 3.05) is 13.1 Å². The first-order valence-electron chi connectivity index (χ1n) is 5.19. The molecule has 1 rings (SSSR count). The number of amides is 1. The number of nitriles is 2. The largest absolute Gasteiger partial charge is 0.335 e. The number of rotatable bonds is 5. The molecule has 6 nitrogen and oxygen atoms in total. The van der Waals surface area contributed by atoms with Gasteiger partial charge in [0.2, 0.25) is 0 Å². The quantitative estimate of drug-likeness (QED) is 0.800. The van der Waals surface area contributed by atoms with Gasteiger partial charge in [-0.05, 0) is 0 Å². The van der Waals surface area contributed by atoms with Crippen LogP contribution in [-0.4, -0.2) is 33.9 Å². The Hall–Kier alpha value is -2.18. The highest BCUT2D eigenvalue weighted by Gasteiger charge is 2.17. The Balaban J connectivity index is 2.81. The molecule has 1 aromatic heterocycles. The highest BCUT2D eigenvalue weighted by Crippen LogP contribution is 2.07. The standard InChI is InChI=1S/C11H10ClN5O/c12-10-8-15-7-9(16-10)11(18)17(5-1-3-13)6-2-4-14/h7-8H,1-2,5-6H2. The van der Waals surface area contributed by atoms with Gasteiger partial charge in [0.25, 0.3) is 5.91 Å². The topological polar surface area (TPSA) is 93.7 Å². The van der Waals surface area contributed by atoms with Gasteiger partial charge in [-0.2, -0.15) is 10.5 Å². The molecule has 0 N–H and O–H groups in total. The lowest BCUT2D eigenvalue weighted by Gasteiger charge is -2.19. The van der Waals surface area contributed by atoms with Crippen LogP contribution in [-0.2, 0) is 0 Å². The van der Waals surface area contributed by atoms with Gasteiger partial charge in [0.1, 0.15) is 10.8 Å². The van der Waals surface area contributed by atoms with Gasteiger partial charge in [-0.3, -0.25) is 9.78 Å². The highest BCUT2D eigenvalue weighted by atomic mass is 35.5. The fourth-order valence-electron chi connectivity index (χ4n) is 1.29.